The zero-order chi connectivity index (χ0) is 30.7. The molecule has 0 bridgehead atoms. The molecule has 0 amide bonds. The zero-order valence-corrected chi connectivity index (χ0v) is 25.0. The van der Waals surface area contributed by atoms with E-state index in [0.717, 1.165) is 24.3 Å². The van der Waals surface area contributed by atoms with Crippen molar-refractivity contribution in [2.75, 3.05) is 26.9 Å². The summed E-state index contributed by atoms with van der Waals surface area (Å²) in [6.07, 6.45) is 2.74. The maximum absolute atomic E-state index is 12.8. The molecule has 2 fully saturated rings. The molecule has 2 aliphatic heterocycles. The fourth-order valence-electron chi connectivity index (χ4n) is 4.96. The minimum absolute atomic E-state index is 0.179. The smallest absolute Gasteiger partial charge is 0.343 e. The largest absolute Gasteiger partial charge is 0.497 e. The van der Waals surface area contributed by atoms with Gasteiger partial charge in [-0.15, -0.1) is 0 Å². The highest BCUT2D eigenvalue weighted by molar-refractivity contribution is 5.92. The highest BCUT2D eigenvalue weighted by Gasteiger charge is 2.50. The SMILES string of the molecule is CCCCCCOc1ccc(COO[C@H]2CO[C@H]3[C@@H]2OC[C@H]3OC(=O)c2ccc(OC(=O)c3ccc(OC)cc3)cc2)cc1. The highest BCUT2D eigenvalue weighted by atomic mass is 17.2. The minimum atomic E-state index is -0.594. The molecule has 0 unspecified atom stereocenters. The van der Waals surface area contributed by atoms with Crippen LogP contribution in [0.25, 0.3) is 0 Å². The first-order valence-electron chi connectivity index (χ1n) is 14.9. The van der Waals surface area contributed by atoms with E-state index in [1.165, 1.54) is 43.5 Å². The molecule has 0 saturated carbocycles. The predicted octanol–water partition coefficient (Wildman–Crippen LogP) is 5.71. The Hall–Kier alpha value is -3.96. The van der Waals surface area contributed by atoms with Crippen molar-refractivity contribution < 1.29 is 47.8 Å². The van der Waals surface area contributed by atoms with Crippen molar-refractivity contribution in [2.45, 2.75) is 63.6 Å². The molecule has 0 radical (unpaired) electrons. The average molecular weight is 607 g/mol. The lowest BCUT2D eigenvalue weighted by molar-refractivity contribution is -0.341. The van der Waals surface area contributed by atoms with Gasteiger partial charge in [0.2, 0.25) is 0 Å². The summed E-state index contributed by atoms with van der Waals surface area (Å²) in [4.78, 5) is 36.3. The molecule has 3 aromatic carbocycles. The number of methoxy groups -OCH3 is 1. The number of rotatable bonds is 15. The van der Waals surface area contributed by atoms with Gasteiger partial charge in [0.25, 0.3) is 0 Å². The van der Waals surface area contributed by atoms with Crippen molar-refractivity contribution in [1.82, 2.24) is 0 Å². The summed E-state index contributed by atoms with van der Waals surface area (Å²) in [5, 5.41) is 0. The van der Waals surface area contributed by atoms with E-state index >= 15 is 0 Å². The molecule has 0 aliphatic carbocycles. The summed E-state index contributed by atoms with van der Waals surface area (Å²) in [7, 11) is 1.55. The van der Waals surface area contributed by atoms with E-state index < -0.39 is 36.4 Å². The number of hydrogen-bond acceptors (Lipinski definition) is 10. The Balaban J connectivity index is 1.03. The van der Waals surface area contributed by atoms with Gasteiger partial charge in [-0.25, -0.2) is 19.4 Å². The van der Waals surface area contributed by atoms with Crippen LogP contribution in [0.1, 0.15) is 58.9 Å². The van der Waals surface area contributed by atoms with Crippen LogP contribution in [0.2, 0.25) is 0 Å². The van der Waals surface area contributed by atoms with Gasteiger partial charge in [0.05, 0.1) is 38.1 Å². The Morgan fingerprint density at radius 3 is 2.02 bits per heavy atom. The molecule has 5 rings (SSSR count). The van der Waals surface area contributed by atoms with Gasteiger partial charge in [-0.05, 0) is 72.6 Å². The molecule has 0 N–H and O–H groups in total. The third-order valence-corrected chi connectivity index (χ3v) is 7.45. The lowest BCUT2D eigenvalue weighted by atomic mass is 10.1. The number of esters is 2. The average Bonchev–Trinajstić information content (AvgIpc) is 3.65. The Kier molecular flexibility index (Phi) is 11.2. The van der Waals surface area contributed by atoms with Crippen LogP contribution in [-0.4, -0.2) is 63.3 Å². The molecular weight excluding hydrogens is 568 g/mol. The van der Waals surface area contributed by atoms with E-state index in [1.807, 2.05) is 24.3 Å². The van der Waals surface area contributed by atoms with Gasteiger partial charge < -0.3 is 28.4 Å². The van der Waals surface area contributed by atoms with Crippen LogP contribution < -0.4 is 14.2 Å². The predicted molar refractivity (Wildman–Crippen MR) is 159 cm³/mol. The van der Waals surface area contributed by atoms with Crippen molar-refractivity contribution >= 4 is 11.9 Å². The van der Waals surface area contributed by atoms with Gasteiger partial charge >= 0.3 is 11.9 Å². The normalized spacial score (nSPS) is 20.6. The number of hydrogen-bond donors (Lipinski definition) is 0. The lowest BCUT2D eigenvalue weighted by Gasteiger charge is -2.17. The second-order valence-corrected chi connectivity index (χ2v) is 10.6. The first kappa shape index (κ1) is 31.5. The summed E-state index contributed by atoms with van der Waals surface area (Å²) < 4.78 is 33.7. The molecule has 0 spiro atoms. The van der Waals surface area contributed by atoms with Crippen molar-refractivity contribution in [3.05, 3.63) is 89.5 Å². The van der Waals surface area contributed by atoms with Crippen LogP contribution in [0.5, 0.6) is 17.2 Å². The number of carbonyl (C=O) groups excluding carboxylic acids is 2. The quantitative estimate of drug-likeness (QED) is 0.0702. The maximum atomic E-state index is 12.8. The van der Waals surface area contributed by atoms with E-state index in [0.29, 0.717) is 22.6 Å². The fourth-order valence-corrected chi connectivity index (χ4v) is 4.96. The number of fused-ring (bicyclic) bond motifs is 1. The van der Waals surface area contributed by atoms with Gasteiger partial charge in [-0.1, -0.05) is 38.3 Å². The zero-order valence-electron chi connectivity index (χ0n) is 25.0. The van der Waals surface area contributed by atoms with Crippen LogP contribution in [0.4, 0.5) is 0 Å². The van der Waals surface area contributed by atoms with E-state index in [9.17, 15) is 9.59 Å². The van der Waals surface area contributed by atoms with Crippen molar-refractivity contribution in [3.63, 3.8) is 0 Å². The van der Waals surface area contributed by atoms with Crippen molar-refractivity contribution in [1.29, 1.82) is 0 Å². The van der Waals surface area contributed by atoms with E-state index in [1.54, 1.807) is 31.4 Å². The van der Waals surface area contributed by atoms with Crippen LogP contribution in [0.3, 0.4) is 0 Å². The second kappa shape index (κ2) is 15.7. The number of unbranched alkanes of at least 4 members (excludes halogenated alkanes) is 3. The Labute approximate surface area is 257 Å². The summed E-state index contributed by atoms with van der Waals surface area (Å²) >= 11 is 0. The Morgan fingerprint density at radius 1 is 0.727 bits per heavy atom. The molecule has 10 heteroatoms. The highest BCUT2D eigenvalue weighted by Crippen LogP contribution is 2.31. The summed E-state index contributed by atoms with van der Waals surface area (Å²) in [6.45, 7) is 3.60. The topological polar surface area (TPSA) is 108 Å². The van der Waals surface area contributed by atoms with Gasteiger partial charge in [-0.3, -0.25) is 0 Å². The summed E-state index contributed by atoms with van der Waals surface area (Å²) in [6, 6.07) is 20.5. The molecule has 0 aromatic heterocycles. The molecule has 44 heavy (non-hydrogen) atoms. The Bertz CT molecular complexity index is 1340. The number of ether oxygens (including phenoxy) is 6. The maximum Gasteiger partial charge on any atom is 0.343 e. The van der Waals surface area contributed by atoms with E-state index in [2.05, 4.69) is 6.92 Å². The standard InChI is InChI=1S/C34H38O10/c1-3-4-5-6-19-38-27-13-7-23(8-14-27)20-41-44-30-22-40-31-29(21-39-32(30)31)43-34(36)25-11-17-28(18-12-25)42-33(35)24-9-15-26(37-2)16-10-24/h7-18,29-32H,3-6,19-22H2,1-2H3/t29-,30+,31-,32-/m1/s1. The van der Waals surface area contributed by atoms with E-state index in [-0.39, 0.29) is 19.8 Å². The first-order valence-corrected chi connectivity index (χ1v) is 14.9. The third-order valence-electron chi connectivity index (χ3n) is 7.45. The fraction of sp³-hybridized carbons (Fsp3) is 0.412. The van der Waals surface area contributed by atoms with Crippen molar-refractivity contribution in [3.8, 4) is 17.2 Å². The summed E-state index contributed by atoms with van der Waals surface area (Å²) in [5.41, 5.74) is 1.63. The van der Waals surface area contributed by atoms with Gasteiger partial charge in [0.15, 0.2) is 6.10 Å². The number of benzene rings is 3. The molecule has 2 aliphatic rings. The minimum Gasteiger partial charge on any atom is -0.497 e. The molecule has 2 saturated heterocycles. The van der Waals surface area contributed by atoms with Gasteiger partial charge in [-0.2, -0.15) is 0 Å². The van der Waals surface area contributed by atoms with Crippen LogP contribution in [-0.2, 0) is 30.6 Å². The molecular formula is C34H38O10. The molecule has 234 valence electrons. The third kappa shape index (κ3) is 8.35. The monoisotopic (exact) mass is 606 g/mol. The number of carbonyl (C=O) groups is 2. The first-order chi connectivity index (χ1) is 21.5. The second-order valence-electron chi connectivity index (χ2n) is 10.6. The van der Waals surface area contributed by atoms with Crippen LogP contribution >= 0.6 is 0 Å². The van der Waals surface area contributed by atoms with Crippen molar-refractivity contribution in [2.24, 2.45) is 0 Å². The molecule has 10 nitrogen and oxygen atoms in total. The van der Waals surface area contributed by atoms with Crippen LogP contribution in [0.15, 0.2) is 72.8 Å². The van der Waals surface area contributed by atoms with E-state index in [4.69, 9.17) is 38.2 Å². The molecule has 4 atom stereocenters. The molecule has 3 aromatic rings. The van der Waals surface area contributed by atoms with Crippen LogP contribution in [0, 0.1) is 0 Å². The Morgan fingerprint density at radius 2 is 1.34 bits per heavy atom. The van der Waals surface area contributed by atoms with Gasteiger partial charge in [0.1, 0.15) is 42.2 Å². The van der Waals surface area contributed by atoms with Gasteiger partial charge in [0, 0.05) is 0 Å². The summed E-state index contributed by atoms with van der Waals surface area (Å²) in [5.74, 6) is 0.714. The lowest BCUT2D eigenvalue weighted by Crippen LogP contribution is -2.35. The molecule has 2 heterocycles.